The lowest BCUT2D eigenvalue weighted by Gasteiger charge is -2.17. The van der Waals surface area contributed by atoms with Crippen LogP contribution in [0.15, 0.2) is 24.4 Å². The first-order valence-corrected chi connectivity index (χ1v) is 10.6. The Morgan fingerprint density at radius 2 is 1.89 bits per heavy atom. The lowest BCUT2D eigenvalue weighted by atomic mass is 10.0. The summed E-state index contributed by atoms with van der Waals surface area (Å²) in [5.41, 5.74) is 1.12. The number of amides is 1. The number of hydrogen-bond acceptors (Lipinski definition) is 5. The molecular weight excluding hydrogens is 503 g/mol. The van der Waals surface area contributed by atoms with E-state index in [2.05, 4.69) is 9.72 Å². The summed E-state index contributed by atoms with van der Waals surface area (Å²) < 4.78 is 75.0. The first kappa shape index (κ1) is 28.1. The van der Waals surface area contributed by atoms with Crippen LogP contribution in [0.4, 0.5) is 22.0 Å². The predicted octanol–water partition coefficient (Wildman–Crippen LogP) is 4.98. The molecule has 13 heteroatoms. The Morgan fingerprint density at radius 3 is 2.46 bits per heavy atom. The van der Waals surface area contributed by atoms with Crippen molar-refractivity contribution in [3.63, 3.8) is 0 Å². The standard InChI is InChI=1S/C21H20ClF5N2O3.CH2O2/c1-12-6-15(19(30)29-4-2-3-5-29)17(23)7-13(12)10-31-14-8-16(22)18(28-9-14)32-11-21(26,27)20(24)25;2-1-3/h6-9,20H,2-5,10-11H2,1H3;1H,(H,2,3). The Hall–Kier alpha value is -3.15. The molecule has 2 aromatic rings. The van der Waals surface area contributed by atoms with E-state index in [1.165, 1.54) is 18.2 Å². The zero-order valence-corrected chi connectivity index (χ0v) is 19.2. The van der Waals surface area contributed by atoms with E-state index in [9.17, 15) is 26.7 Å². The third kappa shape index (κ3) is 7.67. The number of alkyl halides is 4. The zero-order chi connectivity index (χ0) is 26.2. The Labute approximate surface area is 202 Å². The quantitative estimate of drug-likeness (QED) is 0.387. The molecule has 2 heterocycles. The number of carboxylic acid groups (broad SMARTS) is 1. The van der Waals surface area contributed by atoms with E-state index in [1.807, 2.05) is 0 Å². The number of rotatable bonds is 8. The van der Waals surface area contributed by atoms with Crippen LogP contribution in [0.2, 0.25) is 5.02 Å². The van der Waals surface area contributed by atoms with Gasteiger partial charge in [0, 0.05) is 19.2 Å². The molecule has 7 nitrogen and oxygen atoms in total. The number of pyridine rings is 1. The number of carbonyl (C=O) groups is 2. The molecule has 0 aliphatic carbocycles. The molecular formula is C22H22ClF5N2O5. The molecule has 1 aliphatic rings. The van der Waals surface area contributed by atoms with Crippen molar-refractivity contribution in [2.75, 3.05) is 19.7 Å². The highest BCUT2D eigenvalue weighted by molar-refractivity contribution is 6.31. The zero-order valence-electron chi connectivity index (χ0n) is 18.4. The first-order valence-electron chi connectivity index (χ1n) is 10.2. The van der Waals surface area contributed by atoms with Crippen molar-refractivity contribution in [2.45, 2.75) is 38.7 Å². The number of hydrogen-bond donors (Lipinski definition) is 1. The highest BCUT2D eigenvalue weighted by Crippen LogP contribution is 2.30. The summed E-state index contributed by atoms with van der Waals surface area (Å²) in [6.07, 6.45) is -0.983. The van der Waals surface area contributed by atoms with Crippen LogP contribution >= 0.6 is 11.6 Å². The van der Waals surface area contributed by atoms with Crippen LogP contribution in [0.25, 0.3) is 0 Å². The normalized spacial score (nSPS) is 13.3. The Balaban J connectivity index is 0.00000137. The number of aryl methyl sites for hydroxylation is 1. The monoisotopic (exact) mass is 524 g/mol. The van der Waals surface area contributed by atoms with Crippen molar-refractivity contribution in [2.24, 2.45) is 0 Å². The van der Waals surface area contributed by atoms with Gasteiger partial charge in [0.1, 0.15) is 23.2 Å². The predicted molar refractivity (Wildman–Crippen MR) is 115 cm³/mol. The summed E-state index contributed by atoms with van der Waals surface area (Å²) in [4.78, 5) is 26.1. The van der Waals surface area contributed by atoms with Crippen LogP contribution in [0.3, 0.4) is 0 Å². The second-order valence-corrected chi connectivity index (χ2v) is 7.87. The maximum absolute atomic E-state index is 14.5. The van der Waals surface area contributed by atoms with Crippen LogP contribution in [0.1, 0.15) is 34.3 Å². The smallest absolute Gasteiger partial charge is 0.340 e. The van der Waals surface area contributed by atoms with E-state index >= 15 is 0 Å². The summed E-state index contributed by atoms with van der Waals surface area (Å²) in [5.74, 6) is -5.68. The molecule has 1 aromatic heterocycles. The topological polar surface area (TPSA) is 89.0 Å². The van der Waals surface area contributed by atoms with Crippen molar-refractivity contribution >= 4 is 24.0 Å². The maximum atomic E-state index is 14.5. The van der Waals surface area contributed by atoms with Crippen molar-refractivity contribution < 1.29 is 46.1 Å². The molecule has 0 bridgehead atoms. The van der Waals surface area contributed by atoms with Gasteiger partial charge in [0.2, 0.25) is 5.88 Å². The van der Waals surface area contributed by atoms with Gasteiger partial charge >= 0.3 is 12.3 Å². The van der Waals surface area contributed by atoms with Crippen molar-refractivity contribution in [3.05, 3.63) is 51.9 Å². The first-order chi connectivity index (χ1) is 16.5. The van der Waals surface area contributed by atoms with Crippen molar-refractivity contribution in [1.29, 1.82) is 0 Å². The van der Waals surface area contributed by atoms with Gasteiger partial charge in [-0.15, -0.1) is 0 Å². The number of halogens is 6. The Bertz CT molecular complexity index is 1040. The lowest BCUT2D eigenvalue weighted by Crippen LogP contribution is -2.33. The van der Waals surface area contributed by atoms with Crippen LogP contribution in [-0.2, 0) is 11.4 Å². The van der Waals surface area contributed by atoms with Crippen LogP contribution in [-0.4, -0.2) is 59.4 Å². The molecule has 3 rings (SSSR count). The largest absolute Gasteiger partial charge is 0.487 e. The van der Waals surface area contributed by atoms with Crippen molar-refractivity contribution in [1.82, 2.24) is 9.88 Å². The fourth-order valence-corrected chi connectivity index (χ4v) is 3.33. The van der Waals surface area contributed by atoms with E-state index in [4.69, 9.17) is 26.2 Å². The van der Waals surface area contributed by atoms with E-state index in [0.29, 0.717) is 24.2 Å². The van der Waals surface area contributed by atoms with Crippen LogP contribution < -0.4 is 9.47 Å². The highest BCUT2D eigenvalue weighted by atomic mass is 35.5. The molecule has 0 unspecified atom stereocenters. The minimum Gasteiger partial charge on any atom is -0.487 e. The summed E-state index contributed by atoms with van der Waals surface area (Å²) in [6, 6.07) is 3.90. The van der Waals surface area contributed by atoms with Crippen LogP contribution in [0, 0.1) is 12.7 Å². The van der Waals surface area contributed by atoms with Gasteiger partial charge < -0.3 is 19.5 Å². The number of aromatic nitrogens is 1. The molecule has 35 heavy (non-hydrogen) atoms. The van der Waals surface area contributed by atoms with Crippen LogP contribution in [0.5, 0.6) is 11.6 Å². The summed E-state index contributed by atoms with van der Waals surface area (Å²) in [7, 11) is 0. The average Bonchev–Trinajstić information content (AvgIpc) is 3.34. The number of ether oxygens (including phenoxy) is 2. The van der Waals surface area contributed by atoms with E-state index in [-0.39, 0.29) is 35.3 Å². The third-order valence-corrected chi connectivity index (χ3v) is 5.22. The molecule has 192 valence electrons. The van der Waals surface area contributed by atoms with E-state index in [0.717, 1.165) is 19.0 Å². The number of likely N-dealkylation sites (tertiary alicyclic amines) is 1. The Morgan fingerprint density at radius 1 is 1.26 bits per heavy atom. The second-order valence-electron chi connectivity index (χ2n) is 7.46. The van der Waals surface area contributed by atoms with Gasteiger partial charge in [0.05, 0.1) is 11.8 Å². The minimum atomic E-state index is -4.34. The van der Waals surface area contributed by atoms with Crippen molar-refractivity contribution in [3.8, 4) is 11.6 Å². The Kier molecular flexibility index (Phi) is 10.1. The molecule has 1 aliphatic heterocycles. The highest BCUT2D eigenvalue weighted by Gasteiger charge is 2.42. The summed E-state index contributed by atoms with van der Waals surface area (Å²) >= 11 is 5.89. The molecule has 0 radical (unpaired) electrons. The second kappa shape index (κ2) is 12.5. The summed E-state index contributed by atoms with van der Waals surface area (Å²) in [5, 5.41) is 6.67. The molecule has 1 fully saturated rings. The van der Waals surface area contributed by atoms with Gasteiger partial charge in [-0.25, -0.2) is 18.2 Å². The van der Waals surface area contributed by atoms with Gasteiger partial charge in [-0.1, -0.05) is 11.6 Å². The molecule has 1 N–H and O–H groups in total. The number of benzene rings is 1. The van der Waals surface area contributed by atoms with Gasteiger partial charge in [0.25, 0.3) is 12.4 Å². The SMILES string of the molecule is Cc1cc(C(=O)N2CCCC2)c(F)cc1COc1cnc(OCC(F)(F)C(F)F)c(Cl)c1.O=CO. The third-order valence-electron chi connectivity index (χ3n) is 4.95. The summed E-state index contributed by atoms with van der Waals surface area (Å²) in [6.45, 7) is 1.01. The van der Waals surface area contributed by atoms with Gasteiger partial charge in [0.15, 0.2) is 6.61 Å². The molecule has 0 spiro atoms. The minimum absolute atomic E-state index is 0.0000351. The fourth-order valence-electron chi connectivity index (χ4n) is 3.11. The number of nitrogens with zero attached hydrogens (tertiary/aromatic N) is 2. The van der Waals surface area contributed by atoms with Gasteiger partial charge in [-0.05, 0) is 43.0 Å². The van der Waals surface area contributed by atoms with Gasteiger partial charge in [-0.2, -0.15) is 8.78 Å². The lowest BCUT2D eigenvalue weighted by molar-refractivity contribution is -0.148. The van der Waals surface area contributed by atoms with E-state index < -0.39 is 30.7 Å². The fraction of sp³-hybridized carbons (Fsp3) is 0.409. The average molecular weight is 525 g/mol. The van der Waals surface area contributed by atoms with E-state index in [1.54, 1.807) is 11.8 Å². The molecule has 1 saturated heterocycles. The molecule has 1 amide bonds. The number of carbonyl (C=O) groups excluding carboxylic acids is 1. The molecule has 1 aromatic carbocycles. The molecule has 0 saturated carbocycles. The maximum Gasteiger partial charge on any atom is 0.340 e. The molecule has 0 atom stereocenters. The van der Waals surface area contributed by atoms with Gasteiger partial charge in [-0.3, -0.25) is 9.59 Å².